The molecule has 0 heterocycles. The first-order chi connectivity index (χ1) is 8.15. The highest BCUT2D eigenvalue weighted by atomic mass is 35.5. The van der Waals surface area contributed by atoms with E-state index in [9.17, 15) is 4.79 Å². The Hall–Kier alpha value is -1.22. The number of anilines is 1. The fraction of sp³-hybridized carbons (Fsp3) is 0.462. The predicted octanol–water partition coefficient (Wildman–Crippen LogP) is 2.65. The molecule has 0 aromatic heterocycles. The average molecular weight is 251 g/mol. The third-order valence-corrected chi connectivity index (χ3v) is 4.26. The highest BCUT2D eigenvalue weighted by Crippen LogP contribution is 2.52. The van der Waals surface area contributed by atoms with Gasteiger partial charge in [0.1, 0.15) is 0 Å². The van der Waals surface area contributed by atoms with Gasteiger partial charge in [-0.25, -0.2) is 0 Å². The molecule has 0 aliphatic heterocycles. The van der Waals surface area contributed by atoms with Crippen molar-refractivity contribution in [2.45, 2.75) is 25.3 Å². The first-order valence-corrected chi connectivity index (χ1v) is 6.39. The molecule has 3 atom stereocenters. The standard InChI is InChI=1S/C13H15ClN2O/c14-11-3-2-8(6-10(11)13(15)17)16-12-4-1-7-5-9(7)12/h2-3,6-7,9,12,16H,1,4-5H2,(H2,15,17). The van der Waals surface area contributed by atoms with Gasteiger partial charge >= 0.3 is 0 Å². The van der Waals surface area contributed by atoms with Crippen LogP contribution in [0.25, 0.3) is 0 Å². The summed E-state index contributed by atoms with van der Waals surface area (Å²) in [5.74, 6) is 1.30. The number of fused-ring (bicyclic) bond motifs is 1. The molecule has 1 aromatic rings. The second kappa shape index (κ2) is 3.91. The summed E-state index contributed by atoms with van der Waals surface area (Å²) in [6.07, 6.45) is 3.91. The summed E-state index contributed by atoms with van der Waals surface area (Å²) >= 11 is 5.92. The Balaban J connectivity index is 1.78. The minimum absolute atomic E-state index is 0.391. The Labute approximate surface area is 105 Å². The van der Waals surface area contributed by atoms with Gasteiger partial charge in [-0.05, 0) is 49.3 Å². The number of nitrogens with one attached hydrogen (secondary N) is 1. The van der Waals surface area contributed by atoms with Gasteiger partial charge in [0.2, 0.25) is 5.91 Å². The number of hydrogen-bond acceptors (Lipinski definition) is 2. The Kier molecular flexibility index (Phi) is 2.51. The Bertz CT molecular complexity index is 474. The second-order valence-electron chi connectivity index (χ2n) is 5.05. The van der Waals surface area contributed by atoms with E-state index in [0.717, 1.165) is 17.5 Å². The summed E-state index contributed by atoms with van der Waals surface area (Å²) in [4.78, 5) is 11.2. The first kappa shape index (κ1) is 10.9. The van der Waals surface area contributed by atoms with Crippen LogP contribution >= 0.6 is 11.6 Å². The van der Waals surface area contributed by atoms with E-state index in [1.165, 1.54) is 19.3 Å². The summed E-state index contributed by atoms with van der Waals surface area (Å²) in [5.41, 5.74) is 6.61. The van der Waals surface area contributed by atoms with Gasteiger partial charge in [-0.1, -0.05) is 11.6 Å². The molecule has 2 aliphatic rings. The molecule has 3 rings (SSSR count). The number of rotatable bonds is 3. The van der Waals surface area contributed by atoms with E-state index in [1.54, 1.807) is 12.1 Å². The summed E-state index contributed by atoms with van der Waals surface area (Å²) in [5, 5.41) is 3.90. The number of nitrogens with two attached hydrogens (primary N) is 1. The molecular weight excluding hydrogens is 236 g/mol. The maximum Gasteiger partial charge on any atom is 0.250 e. The first-order valence-electron chi connectivity index (χ1n) is 6.01. The molecule has 2 aliphatic carbocycles. The van der Waals surface area contributed by atoms with Crippen molar-refractivity contribution in [1.82, 2.24) is 0 Å². The lowest BCUT2D eigenvalue weighted by atomic mass is 10.1. The van der Waals surface area contributed by atoms with Crippen LogP contribution in [0.15, 0.2) is 18.2 Å². The van der Waals surface area contributed by atoms with Gasteiger partial charge in [0.25, 0.3) is 0 Å². The van der Waals surface area contributed by atoms with Crippen molar-refractivity contribution in [3.63, 3.8) is 0 Å². The van der Waals surface area contributed by atoms with Crippen molar-refractivity contribution < 1.29 is 4.79 Å². The molecule has 0 spiro atoms. The lowest BCUT2D eigenvalue weighted by molar-refractivity contribution is 0.100. The molecular formula is C13H15ClN2O. The van der Waals surface area contributed by atoms with Crippen molar-refractivity contribution in [2.24, 2.45) is 17.6 Å². The van der Waals surface area contributed by atoms with Crippen LogP contribution < -0.4 is 11.1 Å². The molecule has 17 heavy (non-hydrogen) atoms. The quantitative estimate of drug-likeness (QED) is 0.867. The number of halogens is 1. The molecule has 2 fully saturated rings. The van der Waals surface area contributed by atoms with Gasteiger partial charge in [-0.15, -0.1) is 0 Å². The van der Waals surface area contributed by atoms with Gasteiger partial charge in [0, 0.05) is 11.7 Å². The van der Waals surface area contributed by atoms with Gasteiger partial charge in [0.15, 0.2) is 0 Å². The smallest absolute Gasteiger partial charge is 0.250 e. The lowest BCUT2D eigenvalue weighted by Gasteiger charge is -2.16. The molecule has 0 radical (unpaired) electrons. The van der Waals surface area contributed by atoms with Crippen LogP contribution in [0.1, 0.15) is 29.6 Å². The second-order valence-corrected chi connectivity index (χ2v) is 5.45. The molecule has 2 saturated carbocycles. The molecule has 1 amide bonds. The Morgan fingerprint density at radius 3 is 2.82 bits per heavy atom. The summed E-state index contributed by atoms with van der Waals surface area (Å²) in [6.45, 7) is 0. The molecule has 90 valence electrons. The van der Waals surface area contributed by atoms with Crippen molar-refractivity contribution in [2.75, 3.05) is 5.32 Å². The van der Waals surface area contributed by atoms with E-state index in [-0.39, 0.29) is 0 Å². The van der Waals surface area contributed by atoms with E-state index < -0.39 is 5.91 Å². The summed E-state index contributed by atoms with van der Waals surface area (Å²) < 4.78 is 0. The largest absolute Gasteiger partial charge is 0.382 e. The van der Waals surface area contributed by atoms with Crippen LogP contribution in [0.2, 0.25) is 5.02 Å². The SMILES string of the molecule is NC(=O)c1cc(NC2CCC3CC32)ccc1Cl. The van der Waals surface area contributed by atoms with E-state index >= 15 is 0 Å². The minimum Gasteiger partial charge on any atom is -0.382 e. The number of hydrogen-bond donors (Lipinski definition) is 2. The van der Waals surface area contributed by atoms with Gasteiger partial charge in [-0.3, -0.25) is 4.79 Å². The molecule has 3 N–H and O–H groups in total. The fourth-order valence-corrected chi connectivity index (χ4v) is 3.11. The van der Waals surface area contributed by atoms with Gasteiger partial charge in [0.05, 0.1) is 10.6 Å². The van der Waals surface area contributed by atoms with E-state index in [4.69, 9.17) is 17.3 Å². The Morgan fingerprint density at radius 1 is 1.41 bits per heavy atom. The van der Waals surface area contributed by atoms with Crippen LogP contribution in [0.3, 0.4) is 0 Å². The summed E-state index contributed by atoms with van der Waals surface area (Å²) in [6, 6.07) is 5.94. The normalized spacial score (nSPS) is 29.8. The third kappa shape index (κ3) is 2.00. The van der Waals surface area contributed by atoms with Crippen LogP contribution in [0.5, 0.6) is 0 Å². The maximum absolute atomic E-state index is 11.2. The molecule has 3 nitrogen and oxygen atoms in total. The minimum atomic E-state index is -0.477. The number of carbonyl (C=O) groups excluding carboxylic acids is 1. The molecule has 1 aromatic carbocycles. The van der Waals surface area contributed by atoms with Crippen molar-refractivity contribution in [1.29, 1.82) is 0 Å². The number of primary amides is 1. The van der Waals surface area contributed by atoms with E-state index in [0.29, 0.717) is 16.6 Å². The lowest BCUT2D eigenvalue weighted by Crippen LogP contribution is -2.19. The topological polar surface area (TPSA) is 55.1 Å². The molecule has 0 saturated heterocycles. The zero-order valence-corrected chi connectivity index (χ0v) is 10.2. The predicted molar refractivity (Wildman–Crippen MR) is 68.2 cm³/mol. The van der Waals surface area contributed by atoms with E-state index in [1.807, 2.05) is 6.07 Å². The molecule has 3 unspecified atom stereocenters. The van der Waals surface area contributed by atoms with Gasteiger partial charge < -0.3 is 11.1 Å². The van der Waals surface area contributed by atoms with Crippen LogP contribution in [-0.2, 0) is 0 Å². The zero-order valence-electron chi connectivity index (χ0n) is 9.45. The fourth-order valence-electron chi connectivity index (χ4n) is 2.90. The highest BCUT2D eigenvalue weighted by molar-refractivity contribution is 6.33. The van der Waals surface area contributed by atoms with Crippen molar-refractivity contribution >= 4 is 23.2 Å². The van der Waals surface area contributed by atoms with Crippen LogP contribution in [0, 0.1) is 11.8 Å². The number of amides is 1. The zero-order chi connectivity index (χ0) is 12.0. The van der Waals surface area contributed by atoms with Crippen molar-refractivity contribution in [3.8, 4) is 0 Å². The van der Waals surface area contributed by atoms with Crippen molar-refractivity contribution in [3.05, 3.63) is 28.8 Å². The summed E-state index contributed by atoms with van der Waals surface area (Å²) in [7, 11) is 0. The average Bonchev–Trinajstić information content (AvgIpc) is 2.98. The third-order valence-electron chi connectivity index (χ3n) is 3.93. The highest BCUT2D eigenvalue weighted by Gasteiger charge is 2.47. The Morgan fingerprint density at radius 2 is 2.24 bits per heavy atom. The van der Waals surface area contributed by atoms with Crippen LogP contribution in [-0.4, -0.2) is 11.9 Å². The number of carbonyl (C=O) groups is 1. The maximum atomic E-state index is 11.2. The van der Waals surface area contributed by atoms with E-state index in [2.05, 4.69) is 5.32 Å². The number of benzene rings is 1. The monoisotopic (exact) mass is 250 g/mol. The van der Waals surface area contributed by atoms with Gasteiger partial charge in [-0.2, -0.15) is 0 Å². The van der Waals surface area contributed by atoms with Crippen LogP contribution in [0.4, 0.5) is 5.69 Å². The molecule has 0 bridgehead atoms. The molecule has 4 heteroatoms.